The Morgan fingerprint density at radius 1 is 1.47 bits per heavy atom. The zero-order chi connectivity index (χ0) is 10.8. The lowest BCUT2D eigenvalue weighted by atomic mass is 10.1. The number of hydrogen-bond acceptors (Lipinski definition) is 4. The molecule has 15 heavy (non-hydrogen) atoms. The first-order valence-electron chi connectivity index (χ1n) is 4.66. The van der Waals surface area contributed by atoms with Crippen molar-refractivity contribution >= 4 is 11.3 Å². The second-order valence-electron chi connectivity index (χ2n) is 3.55. The number of H-pyrrole nitrogens is 1. The van der Waals surface area contributed by atoms with E-state index in [-0.39, 0.29) is 11.5 Å². The lowest BCUT2D eigenvalue weighted by Crippen LogP contribution is -2.11. The topological polar surface area (TPSA) is 58.6 Å². The second kappa shape index (κ2) is 3.94. The SMILES string of the molecule is CC(C)c1cc(=O)[nH]c(-c2cscn2)n1. The molecule has 2 heterocycles. The van der Waals surface area contributed by atoms with Crippen molar-refractivity contribution < 1.29 is 0 Å². The van der Waals surface area contributed by atoms with Crippen LogP contribution in [0.2, 0.25) is 0 Å². The number of nitrogens with zero attached hydrogens (tertiary/aromatic N) is 2. The van der Waals surface area contributed by atoms with Crippen LogP contribution in [0.25, 0.3) is 11.5 Å². The van der Waals surface area contributed by atoms with E-state index >= 15 is 0 Å². The van der Waals surface area contributed by atoms with Gasteiger partial charge in [-0.05, 0) is 5.92 Å². The van der Waals surface area contributed by atoms with Gasteiger partial charge in [-0.2, -0.15) is 0 Å². The molecule has 0 spiro atoms. The minimum absolute atomic E-state index is 0.128. The van der Waals surface area contributed by atoms with Crippen molar-refractivity contribution in [3.8, 4) is 11.5 Å². The molecule has 2 aromatic rings. The first-order chi connectivity index (χ1) is 7.16. The smallest absolute Gasteiger partial charge is 0.251 e. The molecule has 0 aromatic carbocycles. The minimum atomic E-state index is -0.128. The Balaban J connectivity index is 2.54. The molecule has 0 unspecified atom stereocenters. The molecular formula is C10H11N3OS. The maximum Gasteiger partial charge on any atom is 0.251 e. The van der Waals surface area contributed by atoms with E-state index in [1.165, 1.54) is 17.4 Å². The highest BCUT2D eigenvalue weighted by atomic mass is 32.1. The van der Waals surface area contributed by atoms with Crippen LogP contribution in [-0.4, -0.2) is 15.0 Å². The molecule has 5 heteroatoms. The van der Waals surface area contributed by atoms with Gasteiger partial charge in [0.2, 0.25) is 0 Å². The van der Waals surface area contributed by atoms with E-state index in [9.17, 15) is 4.79 Å². The van der Waals surface area contributed by atoms with E-state index in [1.54, 1.807) is 5.51 Å². The van der Waals surface area contributed by atoms with E-state index in [0.29, 0.717) is 5.82 Å². The zero-order valence-corrected chi connectivity index (χ0v) is 9.34. The van der Waals surface area contributed by atoms with Crippen molar-refractivity contribution in [2.75, 3.05) is 0 Å². The van der Waals surface area contributed by atoms with Crippen molar-refractivity contribution in [1.29, 1.82) is 0 Å². The molecule has 4 nitrogen and oxygen atoms in total. The van der Waals surface area contributed by atoms with E-state index in [2.05, 4.69) is 15.0 Å². The average molecular weight is 221 g/mol. The first kappa shape index (κ1) is 10.0. The van der Waals surface area contributed by atoms with Crippen LogP contribution in [0.5, 0.6) is 0 Å². The normalized spacial score (nSPS) is 10.9. The van der Waals surface area contributed by atoms with Gasteiger partial charge in [0, 0.05) is 11.4 Å². The molecule has 1 N–H and O–H groups in total. The van der Waals surface area contributed by atoms with Crippen LogP contribution < -0.4 is 5.56 Å². The number of rotatable bonds is 2. The molecule has 78 valence electrons. The molecule has 2 aromatic heterocycles. The van der Waals surface area contributed by atoms with Crippen molar-refractivity contribution in [3.63, 3.8) is 0 Å². The van der Waals surface area contributed by atoms with Crippen LogP contribution in [0.4, 0.5) is 0 Å². The summed E-state index contributed by atoms with van der Waals surface area (Å²) >= 11 is 1.48. The highest BCUT2D eigenvalue weighted by molar-refractivity contribution is 7.07. The van der Waals surface area contributed by atoms with Crippen LogP contribution in [0.1, 0.15) is 25.5 Å². The Morgan fingerprint density at radius 2 is 2.27 bits per heavy atom. The summed E-state index contributed by atoms with van der Waals surface area (Å²) in [6.45, 7) is 4.01. The van der Waals surface area contributed by atoms with Gasteiger partial charge >= 0.3 is 0 Å². The van der Waals surface area contributed by atoms with Crippen molar-refractivity contribution in [2.24, 2.45) is 0 Å². The summed E-state index contributed by atoms with van der Waals surface area (Å²) in [6, 6.07) is 1.53. The maximum atomic E-state index is 11.4. The van der Waals surface area contributed by atoms with Crippen LogP contribution >= 0.6 is 11.3 Å². The summed E-state index contributed by atoms with van der Waals surface area (Å²) in [5.41, 5.74) is 3.11. The number of thiazole rings is 1. The van der Waals surface area contributed by atoms with Gasteiger partial charge < -0.3 is 4.98 Å². The third kappa shape index (κ3) is 2.12. The van der Waals surface area contributed by atoms with Gasteiger partial charge in [-0.3, -0.25) is 4.79 Å². The van der Waals surface area contributed by atoms with Crippen LogP contribution in [0.3, 0.4) is 0 Å². The summed E-state index contributed by atoms with van der Waals surface area (Å²) in [5, 5.41) is 1.86. The fourth-order valence-corrected chi connectivity index (χ4v) is 1.76. The second-order valence-corrected chi connectivity index (χ2v) is 4.27. The fraction of sp³-hybridized carbons (Fsp3) is 0.300. The molecule has 0 fully saturated rings. The van der Waals surface area contributed by atoms with Crippen molar-refractivity contribution in [1.82, 2.24) is 15.0 Å². The van der Waals surface area contributed by atoms with Crippen molar-refractivity contribution in [3.05, 3.63) is 33.0 Å². The number of nitrogens with one attached hydrogen (secondary N) is 1. The number of aromatic nitrogens is 3. The molecule has 0 bridgehead atoms. The van der Waals surface area contributed by atoms with Crippen LogP contribution in [0, 0.1) is 0 Å². The molecule has 0 aliphatic carbocycles. The largest absolute Gasteiger partial charge is 0.305 e. The van der Waals surface area contributed by atoms with Gasteiger partial charge in [0.05, 0.1) is 11.2 Å². The number of hydrogen-bond donors (Lipinski definition) is 1. The van der Waals surface area contributed by atoms with E-state index in [4.69, 9.17) is 0 Å². The molecule has 0 saturated carbocycles. The lowest BCUT2D eigenvalue weighted by Gasteiger charge is -2.04. The van der Waals surface area contributed by atoms with Gasteiger partial charge in [0.15, 0.2) is 5.82 Å². The first-order valence-corrected chi connectivity index (χ1v) is 5.61. The molecule has 0 amide bonds. The Bertz CT molecular complexity index is 502. The third-order valence-corrected chi connectivity index (χ3v) is 2.61. The Kier molecular flexibility index (Phi) is 2.64. The molecule has 0 radical (unpaired) electrons. The molecule has 0 aliphatic heterocycles. The molecule has 0 saturated heterocycles. The zero-order valence-electron chi connectivity index (χ0n) is 8.52. The molecular weight excluding hydrogens is 210 g/mol. The lowest BCUT2D eigenvalue weighted by molar-refractivity contribution is 0.811. The highest BCUT2D eigenvalue weighted by Gasteiger charge is 2.07. The monoisotopic (exact) mass is 221 g/mol. The van der Waals surface area contributed by atoms with Gasteiger partial charge in [-0.25, -0.2) is 9.97 Å². The summed E-state index contributed by atoms with van der Waals surface area (Å²) in [6.07, 6.45) is 0. The highest BCUT2D eigenvalue weighted by Crippen LogP contribution is 2.16. The van der Waals surface area contributed by atoms with E-state index in [0.717, 1.165) is 11.4 Å². The van der Waals surface area contributed by atoms with E-state index in [1.807, 2.05) is 19.2 Å². The summed E-state index contributed by atoms with van der Waals surface area (Å²) in [5.74, 6) is 0.789. The van der Waals surface area contributed by atoms with Gasteiger partial charge in [-0.15, -0.1) is 11.3 Å². The van der Waals surface area contributed by atoms with Crippen LogP contribution in [-0.2, 0) is 0 Å². The third-order valence-electron chi connectivity index (χ3n) is 2.03. The quantitative estimate of drug-likeness (QED) is 0.844. The maximum absolute atomic E-state index is 11.4. The summed E-state index contributed by atoms with van der Waals surface area (Å²) < 4.78 is 0. The van der Waals surface area contributed by atoms with E-state index < -0.39 is 0 Å². The predicted octanol–water partition coefficient (Wildman–Crippen LogP) is 2.02. The Morgan fingerprint density at radius 3 is 2.87 bits per heavy atom. The molecule has 2 rings (SSSR count). The summed E-state index contributed by atoms with van der Waals surface area (Å²) in [7, 11) is 0. The molecule has 0 atom stereocenters. The minimum Gasteiger partial charge on any atom is -0.305 e. The molecule has 0 aliphatic rings. The van der Waals surface area contributed by atoms with Crippen molar-refractivity contribution in [2.45, 2.75) is 19.8 Å². The van der Waals surface area contributed by atoms with Gasteiger partial charge in [0.1, 0.15) is 5.69 Å². The number of aromatic amines is 1. The fourth-order valence-electron chi connectivity index (χ4n) is 1.22. The standard InChI is InChI=1S/C10H11N3OS/c1-6(2)7-3-9(14)13-10(12-7)8-4-15-5-11-8/h3-6H,1-2H3,(H,12,13,14). The van der Waals surface area contributed by atoms with Gasteiger partial charge in [-0.1, -0.05) is 13.8 Å². The summed E-state index contributed by atoms with van der Waals surface area (Å²) in [4.78, 5) is 22.6. The van der Waals surface area contributed by atoms with Crippen LogP contribution in [0.15, 0.2) is 21.8 Å². The Labute approximate surface area is 91.0 Å². The Hall–Kier alpha value is -1.49. The average Bonchev–Trinajstić information content (AvgIpc) is 2.69. The predicted molar refractivity (Wildman–Crippen MR) is 60.1 cm³/mol. The van der Waals surface area contributed by atoms with Gasteiger partial charge in [0.25, 0.3) is 5.56 Å².